The molecule has 0 aliphatic heterocycles. The molecule has 0 saturated carbocycles. The van der Waals surface area contributed by atoms with Gasteiger partial charge in [0.25, 0.3) is 0 Å². The average molecular weight is 153 g/mol. The number of hydrogen-bond donors (Lipinski definition) is 3. The maximum Gasteiger partial charge on any atom is 0.00397 e. The van der Waals surface area contributed by atoms with Crippen molar-refractivity contribution >= 4 is 0 Å². The fourth-order valence-electron chi connectivity index (χ4n) is 0.904. The van der Waals surface area contributed by atoms with Crippen molar-refractivity contribution in [3.63, 3.8) is 0 Å². The molecular formula is C7H27N3. The van der Waals surface area contributed by atoms with Gasteiger partial charge in [-0.3, -0.25) is 0 Å². The zero-order chi connectivity index (χ0) is 7.82. The minimum absolute atomic E-state index is 0. The number of nitrogens with two attached hydrogens (primary N) is 3. The molecule has 0 rings (SSSR count). The summed E-state index contributed by atoms with van der Waals surface area (Å²) in [5.41, 5.74) is 16.4. The van der Waals surface area contributed by atoms with Gasteiger partial charge >= 0.3 is 0 Å². The summed E-state index contributed by atoms with van der Waals surface area (Å²) in [6, 6.07) is 0.312. The highest BCUT2D eigenvalue weighted by atomic mass is 14.6. The van der Waals surface area contributed by atoms with E-state index in [2.05, 4.69) is 0 Å². The molecule has 0 bridgehead atoms. The molecule has 3 nitrogen and oxygen atoms in total. The number of rotatable bonds is 6. The molecule has 0 aliphatic carbocycles. The van der Waals surface area contributed by atoms with E-state index in [1.165, 1.54) is 0 Å². The van der Waals surface area contributed by atoms with Crippen LogP contribution in [0, 0.1) is 0 Å². The average Bonchev–Trinajstić information content (AvgIpc) is 1.97. The molecule has 0 aromatic rings. The van der Waals surface area contributed by atoms with E-state index in [1.807, 2.05) is 0 Å². The molecule has 10 heavy (non-hydrogen) atoms. The minimum atomic E-state index is 0. The molecule has 3 heteroatoms. The topological polar surface area (TPSA) is 78.1 Å². The summed E-state index contributed by atoms with van der Waals surface area (Å²) in [5, 5.41) is 0. The monoisotopic (exact) mass is 153 g/mol. The Balaban J connectivity index is -0.0000000675. The van der Waals surface area contributed by atoms with Crippen LogP contribution in [0.25, 0.3) is 0 Å². The van der Waals surface area contributed by atoms with Crippen molar-refractivity contribution in [2.24, 2.45) is 17.2 Å². The molecule has 0 aliphatic rings. The number of hydrogen-bond acceptors (Lipinski definition) is 3. The normalized spacial score (nSPS) is 10.8. The van der Waals surface area contributed by atoms with Crippen molar-refractivity contribution in [3.05, 3.63) is 0 Å². The standard InChI is InChI=1S/C7H19N3.4H2/c8-5-1-3-7(10)4-2-6-9;;;;/h7H,1-6,8-10H2;4*1H. The molecule has 0 saturated heterocycles. The van der Waals surface area contributed by atoms with E-state index < -0.39 is 0 Å². The minimum Gasteiger partial charge on any atom is -0.330 e. The summed E-state index contributed by atoms with van der Waals surface area (Å²) in [7, 11) is 0. The van der Waals surface area contributed by atoms with Gasteiger partial charge in [0, 0.05) is 11.7 Å². The Labute approximate surface area is 68.9 Å². The molecule has 6 N–H and O–H groups in total. The Morgan fingerprint density at radius 3 is 1.70 bits per heavy atom. The van der Waals surface area contributed by atoms with Crippen molar-refractivity contribution in [2.75, 3.05) is 13.1 Å². The van der Waals surface area contributed by atoms with Crippen LogP contribution in [0.4, 0.5) is 0 Å². The highest BCUT2D eigenvalue weighted by Crippen LogP contribution is 1.99. The van der Waals surface area contributed by atoms with Gasteiger partial charge in [0.15, 0.2) is 0 Å². The van der Waals surface area contributed by atoms with Crippen LogP contribution in [0.5, 0.6) is 0 Å². The van der Waals surface area contributed by atoms with Crippen molar-refractivity contribution in [1.29, 1.82) is 0 Å². The Morgan fingerprint density at radius 1 is 1.00 bits per heavy atom. The smallest absolute Gasteiger partial charge is 0.00397 e. The van der Waals surface area contributed by atoms with Crippen LogP contribution in [-0.4, -0.2) is 19.1 Å². The van der Waals surface area contributed by atoms with Gasteiger partial charge in [-0.2, -0.15) is 0 Å². The van der Waals surface area contributed by atoms with Gasteiger partial charge in [-0.15, -0.1) is 0 Å². The first kappa shape index (κ1) is 9.88. The highest BCUT2D eigenvalue weighted by Gasteiger charge is 1.99. The zero-order valence-corrected chi connectivity index (χ0v) is 6.55. The lowest BCUT2D eigenvalue weighted by atomic mass is 10.1. The van der Waals surface area contributed by atoms with Gasteiger partial charge in [-0.05, 0) is 38.8 Å². The summed E-state index contributed by atoms with van der Waals surface area (Å²) in [4.78, 5) is 0. The zero-order valence-electron chi connectivity index (χ0n) is 6.55. The van der Waals surface area contributed by atoms with Crippen LogP contribution in [0.3, 0.4) is 0 Å². The maximum absolute atomic E-state index is 5.73. The second-order valence-corrected chi connectivity index (χ2v) is 2.62. The molecule has 0 atom stereocenters. The molecule has 0 aromatic carbocycles. The van der Waals surface area contributed by atoms with Gasteiger partial charge < -0.3 is 17.2 Å². The van der Waals surface area contributed by atoms with E-state index in [1.54, 1.807) is 0 Å². The van der Waals surface area contributed by atoms with Crippen molar-refractivity contribution in [3.8, 4) is 0 Å². The summed E-state index contributed by atoms with van der Waals surface area (Å²) in [6.45, 7) is 1.49. The first-order valence-corrected chi connectivity index (χ1v) is 3.97. The molecule has 0 unspecified atom stereocenters. The maximum atomic E-state index is 5.73. The summed E-state index contributed by atoms with van der Waals surface area (Å²) in [5.74, 6) is 0. The predicted octanol–water partition coefficient (Wildman–Crippen LogP) is 0.776. The Morgan fingerprint density at radius 2 is 1.40 bits per heavy atom. The second-order valence-electron chi connectivity index (χ2n) is 2.62. The third-order valence-electron chi connectivity index (χ3n) is 1.56. The molecule has 0 amide bonds. The van der Waals surface area contributed by atoms with E-state index in [4.69, 9.17) is 17.2 Å². The lowest BCUT2D eigenvalue weighted by Crippen LogP contribution is -2.22. The van der Waals surface area contributed by atoms with E-state index in [0.717, 1.165) is 38.8 Å². The lowest BCUT2D eigenvalue weighted by Gasteiger charge is -2.08. The van der Waals surface area contributed by atoms with E-state index in [0.29, 0.717) is 6.04 Å². The Kier molecular flexibility index (Phi) is 6.91. The van der Waals surface area contributed by atoms with Crippen LogP contribution in [0.1, 0.15) is 31.4 Å². The van der Waals surface area contributed by atoms with Crippen molar-refractivity contribution < 1.29 is 5.71 Å². The molecule has 0 aromatic heterocycles. The first-order chi connectivity index (χ1) is 4.81. The largest absolute Gasteiger partial charge is 0.330 e. The van der Waals surface area contributed by atoms with Crippen LogP contribution in [0.15, 0.2) is 0 Å². The molecular weight excluding hydrogens is 126 g/mol. The molecule has 0 heterocycles. The van der Waals surface area contributed by atoms with Gasteiger partial charge in [0.2, 0.25) is 0 Å². The van der Waals surface area contributed by atoms with Gasteiger partial charge in [-0.1, -0.05) is 0 Å². The van der Waals surface area contributed by atoms with Crippen molar-refractivity contribution in [1.82, 2.24) is 0 Å². The summed E-state index contributed by atoms with van der Waals surface area (Å²) < 4.78 is 0. The van der Waals surface area contributed by atoms with E-state index >= 15 is 0 Å². The molecule has 0 spiro atoms. The highest BCUT2D eigenvalue weighted by molar-refractivity contribution is 4.61. The third-order valence-corrected chi connectivity index (χ3v) is 1.56. The van der Waals surface area contributed by atoms with Crippen LogP contribution >= 0.6 is 0 Å². The first-order valence-electron chi connectivity index (χ1n) is 3.97. The SMILES string of the molecule is NCCCC(N)CCCN.[HH].[HH].[HH].[HH]. The lowest BCUT2D eigenvalue weighted by molar-refractivity contribution is 0.534. The van der Waals surface area contributed by atoms with Gasteiger partial charge in [0.1, 0.15) is 0 Å². The van der Waals surface area contributed by atoms with Crippen LogP contribution in [0.2, 0.25) is 0 Å². The molecule has 0 fully saturated rings. The van der Waals surface area contributed by atoms with E-state index in [-0.39, 0.29) is 5.71 Å². The van der Waals surface area contributed by atoms with Crippen LogP contribution in [-0.2, 0) is 0 Å². The Bertz CT molecular complexity index is 70.0. The van der Waals surface area contributed by atoms with Gasteiger partial charge in [0.05, 0.1) is 0 Å². The van der Waals surface area contributed by atoms with Crippen LogP contribution < -0.4 is 17.2 Å². The fraction of sp³-hybridized carbons (Fsp3) is 1.00. The summed E-state index contributed by atoms with van der Waals surface area (Å²) >= 11 is 0. The Hall–Kier alpha value is -0.120. The van der Waals surface area contributed by atoms with Gasteiger partial charge in [-0.25, -0.2) is 0 Å². The predicted molar refractivity (Wildman–Crippen MR) is 53.0 cm³/mol. The second kappa shape index (κ2) is 6.99. The molecule has 70 valence electrons. The quantitative estimate of drug-likeness (QED) is 0.527. The third kappa shape index (κ3) is 6.01. The fourth-order valence-corrected chi connectivity index (χ4v) is 0.904. The summed E-state index contributed by atoms with van der Waals surface area (Å²) in [6.07, 6.45) is 4.14. The van der Waals surface area contributed by atoms with E-state index in [9.17, 15) is 0 Å². The van der Waals surface area contributed by atoms with Crippen molar-refractivity contribution in [2.45, 2.75) is 31.7 Å². The molecule has 0 radical (unpaired) electrons.